The molecule has 8 heterocycles. The second-order valence-corrected chi connectivity index (χ2v) is 24.0. The van der Waals surface area contributed by atoms with Crippen LogP contribution in [0, 0.1) is 20.8 Å². The number of hydrogen-bond donors (Lipinski definition) is 11. The molecule has 0 aliphatic carbocycles. The quantitative estimate of drug-likeness (QED) is 0.0336. The largest absolute Gasteiger partial charge is 0.472 e. The maximum absolute atomic E-state index is 13.9. The van der Waals surface area contributed by atoms with Crippen molar-refractivity contribution < 1.29 is 104 Å². The Hall–Kier alpha value is -5.08. The Kier molecular flexibility index (Phi) is 18.6. The molecule has 4 aliphatic rings. The topological polar surface area (TPSA) is 531 Å². The highest BCUT2D eigenvalue weighted by Gasteiger charge is 2.51. The van der Waals surface area contributed by atoms with E-state index in [2.05, 4.69) is 0 Å². The first-order valence-electron chi connectivity index (χ1n) is 23.7. The molecule has 38 nitrogen and oxygen atoms in total. The van der Waals surface area contributed by atoms with Crippen LogP contribution < -0.4 is 45.0 Å². The number of aliphatic hydroxyl groups is 2. The zero-order valence-electron chi connectivity index (χ0n) is 41.9. The van der Waals surface area contributed by atoms with Crippen LogP contribution in [0.25, 0.3) is 0 Å². The third-order valence-electron chi connectivity index (χ3n) is 12.8. The van der Waals surface area contributed by atoms with Gasteiger partial charge in [-0.15, -0.1) is 0 Å². The van der Waals surface area contributed by atoms with Gasteiger partial charge in [0.2, 0.25) is 0 Å². The van der Waals surface area contributed by atoms with Crippen LogP contribution >= 0.6 is 31.3 Å². The molecule has 4 aromatic rings. The number of phosphoric ester groups is 4. The van der Waals surface area contributed by atoms with Crippen molar-refractivity contribution in [2.45, 2.75) is 120 Å². The van der Waals surface area contributed by atoms with Crippen molar-refractivity contribution in [3.63, 3.8) is 0 Å². The lowest BCUT2D eigenvalue weighted by Crippen LogP contribution is -2.38. The van der Waals surface area contributed by atoms with Gasteiger partial charge in [0.05, 0.1) is 26.4 Å². The number of ether oxygens (including phenoxy) is 4. The first kappa shape index (κ1) is 62.0. The van der Waals surface area contributed by atoms with Gasteiger partial charge in [-0.3, -0.25) is 89.0 Å². The molecule has 4 aliphatic heterocycles. The molecule has 3 unspecified atom stereocenters. The Labute approximate surface area is 449 Å². The summed E-state index contributed by atoms with van der Waals surface area (Å²) in [6, 6.07) is 0.898. The number of aliphatic hydroxyl groups excluding tert-OH is 2. The highest BCUT2D eigenvalue weighted by molar-refractivity contribution is 7.48. The van der Waals surface area contributed by atoms with Crippen LogP contribution in [0.3, 0.4) is 0 Å². The van der Waals surface area contributed by atoms with Crippen LogP contribution in [0.2, 0.25) is 0 Å². The molecular weight excluding hydrogens is 1180 g/mol. The lowest BCUT2D eigenvalue weighted by Gasteiger charge is -2.26. The highest BCUT2D eigenvalue weighted by Crippen LogP contribution is 2.54. The van der Waals surface area contributed by atoms with E-state index >= 15 is 0 Å². The minimum absolute atomic E-state index is 0.0175. The molecule has 0 spiro atoms. The average molecular weight is 1240 g/mol. The summed E-state index contributed by atoms with van der Waals surface area (Å²) in [6.07, 6.45) is -19.3. The van der Waals surface area contributed by atoms with E-state index in [0.29, 0.717) is 4.57 Å². The monoisotopic (exact) mass is 1240 g/mol. The number of rotatable bonds is 22. The van der Waals surface area contributed by atoms with Crippen molar-refractivity contribution in [1.29, 1.82) is 0 Å². The minimum atomic E-state index is -5.54. The van der Waals surface area contributed by atoms with E-state index in [0.717, 1.165) is 44.6 Å². The molecule has 0 saturated carbocycles. The fourth-order valence-corrected chi connectivity index (χ4v) is 12.4. The number of nitrogens with one attached hydrogen (secondary N) is 4. The molecule has 8 rings (SSSR count). The van der Waals surface area contributed by atoms with E-state index in [-0.39, 0.29) is 16.7 Å². The molecule has 0 bridgehead atoms. The normalized spacial score (nSPS) is 30.1. The summed E-state index contributed by atoms with van der Waals surface area (Å²) in [6.45, 7) is -0.245. The summed E-state index contributed by atoms with van der Waals surface area (Å²) in [7, 11) is -21.8. The smallest absolute Gasteiger partial charge is 0.394 e. The van der Waals surface area contributed by atoms with Gasteiger partial charge in [-0.25, -0.2) is 37.4 Å². The molecular formula is C39H52N8O30P4. The predicted molar refractivity (Wildman–Crippen MR) is 261 cm³/mol. The Balaban J connectivity index is 0.985. The van der Waals surface area contributed by atoms with Crippen LogP contribution in [-0.2, 0) is 68.9 Å². The summed E-state index contributed by atoms with van der Waals surface area (Å²) in [5.74, 6) is 0. The van der Waals surface area contributed by atoms with Gasteiger partial charge in [-0.1, -0.05) is 0 Å². The van der Waals surface area contributed by atoms with E-state index in [1.807, 2.05) is 19.9 Å². The van der Waals surface area contributed by atoms with Crippen molar-refractivity contribution in [1.82, 2.24) is 38.2 Å². The standard InChI is InChI=1S/C39H52N8O30P4/c1-16-9-45(37(55)41-32(16)51)27-6-19(74-78(58,59)60)23(70-27)13-67-79(61,62)75-20-7-28(46-10-17(2)33(52)42-38(46)56)71-24(20)14-68-80(63,64)76-21-8-29(47-11-18(3)34(53)43-39(47)57)72-25(21)15-69-81(65,66)77-31-22(12-48)73-35(30(31)50)44-5-4-26(49)40-36(44)54/h4-5,9-11,19-25,27-31,35,48,50H,6-8,12-15H2,1-3H3,(H,61,62)(H,63,64)(H,65,66)(H,40,49,54)(H,41,51,55)(H,42,52,56)(H,43,53,57)(H2,58,59,60)/t19-,20-,21-,22+,23+,24+,25+,27+,28+,29+,30+,31+,35+/m0/s1. The fraction of sp³-hybridized carbons (Fsp3) is 0.590. The predicted octanol–water partition coefficient (Wildman–Crippen LogP) is -3.79. The van der Waals surface area contributed by atoms with Gasteiger partial charge >= 0.3 is 54.0 Å². The van der Waals surface area contributed by atoms with Gasteiger partial charge in [0.25, 0.3) is 22.2 Å². The summed E-state index contributed by atoms with van der Waals surface area (Å²) in [4.78, 5) is 159. The molecule has 4 aromatic heterocycles. The number of hydrogen-bond acceptors (Lipinski definition) is 25. The number of H-pyrrole nitrogens is 4. The van der Waals surface area contributed by atoms with E-state index in [4.69, 9.17) is 50.6 Å². The van der Waals surface area contributed by atoms with Gasteiger partial charge in [0.1, 0.15) is 73.6 Å². The summed E-state index contributed by atoms with van der Waals surface area (Å²) in [5, 5.41) is 21.0. The zero-order chi connectivity index (χ0) is 59.3. The summed E-state index contributed by atoms with van der Waals surface area (Å²) < 4.78 is 115. The zero-order valence-corrected chi connectivity index (χ0v) is 45.5. The average Bonchev–Trinajstić information content (AvgIpc) is 4.15. The second kappa shape index (κ2) is 24.3. The molecule has 4 fully saturated rings. The maximum atomic E-state index is 13.9. The minimum Gasteiger partial charge on any atom is -0.394 e. The van der Waals surface area contributed by atoms with Gasteiger partial charge in [0.15, 0.2) is 6.23 Å². The number of aromatic amines is 4. The summed E-state index contributed by atoms with van der Waals surface area (Å²) >= 11 is 0. The lowest BCUT2D eigenvalue weighted by molar-refractivity contribution is -0.0638. The molecule has 16 atom stereocenters. The van der Waals surface area contributed by atoms with Gasteiger partial charge in [-0.2, -0.15) is 0 Å². The molecule has 11 N–H and O–H groups in total. The molecule has 81 heavy (non-hydrogen) atoms. The Bertz CT molecular complexity index is 3700. The van der Waals surface area contributed by atoms with Crippen molar-refractivity contribution in [2.24, 2.45) is 0 Å². The number of aromatic nitrogens is 8. The lowest BCUT2D eigenvalue weighted by atomic mass is 10.1. The molecule has 0 aromatic carbocycles. The van der Waals surface area contributed by atoms with E-state index in [9.17, 15) is 91.3 Å². The molecule has 4 saturated heterocycles. The molecule has 448 valence electrons. The van der Waals surface area contributed by atoms with Gasteiger partial charge < -0.3 is 53.6 Å². The number of phosphoric acid groups is 4. The first-order valence-corrected chi connectivity index (χ1v) is 29.7. The van der Waals surface area contributed by atoms with Crippen LogP contribution in [0.1, 0.15) is 60.9 Å². The molecule has 0 amide bonds. The molecule has 42 heteroatoms. The van der Waals surface area contributed by atoms with Crippen LogP contribution in [0.5, 0.6) is 0 Å². The van der Waals surface area contributed by atoms with Crippen LogP contribution in [0.15, 0.2) is 69.2 Å². The third kappa shape index (κ3) is 14.8. The van der Waals surface area contributed by atoms with Gasteiger partial charge in [-0.05, 0) is 20.8 Å². The Morgan fingerprint density at radius 3 is 1.23 bits per heavy atom. The Morgan fingerprint density at radius 2 is 0.877 bits per heavy atom. The second-order valence-electron chi connectivity index (χ2n) is 18.6. The molecule has 0 radical (unpaired) electrons. The number of nitrogens with zero attached hydrogens (tertiary/aromatic N) is 4. The van der Waals surface area contributed by atoms with Crippen molar-refractivity contribution in [3.8, 4) is 0 Å². The van der Waals surface area contributed by atoms with Crippen molar-refractivity contribution in [3.05, 3.63) is 131 Å². The maximum Gasteiger partial charge on any atom is 0.472 e. The van der Waals surface area contributed by atoms with E-state index in [1.165, 1.54) is 20.8 Å². The van der Waals surface area contributed by atoms with Gasteiger partial charge in [0, 0.05) is 66.8 Å². The Morgan fingerprint density at radius 1 is 0.519 bits per heavy atom. The summed E-state index contributed by atoms with van der Waals surface area (Å²) in [5.41, 5.74) is -7.32. The van der Waals surface area contributed by atoms with Crippen molar-refractivity contribution >= 4 is 31.3 Å². The first-order chi connectivity index (χ1) is 37.8. The van der Waals surface area contributed by atoms with Crippen LogP contribution in [-0.4, -0.2) is 154 Å². The fourth-order valence-electron chi connectivity index (χ4n) is 8.92. The SMILES string of the molecule is Cc1cn([C@H]2C[C@H](OP(=O)(O)O)[C@@H](COP(=O)(O)O[C@H]3C[C@H](n4cc(C)c(=O)[nH]c4=O)O[C@@H]3COP(=O)(O)O[C@H]3C[C@H](n4cc(C)c(=O)[nH]c4=O)O[C@@H]3COP(=O)(O)O[C@H]3[C@@H](O)[C@H](n4ccc(=O)[nH]c4=O)O[C@@H]3CO)O2)c(=O)[nH]c1=O. The van der Waals surface area contributed by atoms with Crippen LogP contribution in [0.4, 0.5) is 0 Å². The third-order valence-corrected chi connectivity index (χ3v) is 16.4. The van der Waals surface area contributed by atoms with E-state index < -0.39 is 202 Å². The van der Waals surface area contributed by atoms with E-state index in [1.54, 1.807) is 0 Å². The highest BCUT2D eigenvalue weighted by atomic mass is 31.2. The number of aryl methyl sites for hydroxylation is 3. The van der Waals surface area contributed by atoms with Crippen molar-refractivity contribution in [2.75, 3.05) is 26.4 Å².